The number of hydrogen-bond acceptors (Lipinski definition) is 9. The third kappa shape index (κ3) is 5.11. The lowest BCUT2D eigenvalue weighted by molar-refractivity contribution is -0.0549. The first-order valence-corrected chi connectivity index (χ1v) is 12.4. The zero-order valence-corrected chi connectivity index (χ0v) is 18.9. The van der Waals surface area contributed by atoms with Crippen molar-refractivity contribution in [3.63, 3.8) is 0 Å². The van der Waals surface area contributed by atoms with Crippen LogP contribution in [0.4, 0.5) is 5.82 Å². The number of benzene rings is 1. The number of hydrogen-bond donors (Lipinski definition) is 5. The number of aliphatic hydroxyl groups excluding tert-OH is 1. The largest absolute Gasteiger partial charge is 0.388 e. The van der Waals surface area contributed by atoms with Crippen molar-refractivity contribution in [2.24, 2.45) is 0 Å². The number of amides is 1. The molecular formula is C21H28N4O7S. The maximum Gasteiger partial charge on any atom is 0.351 e. The van der Waals surface area contributed by atoms with Crippen LogP contribution in [0.25, 0.3) is 0 Å². The van der Waals surface area contributed by atoms with Gasteiger partial charge in [0.1, 0.15) is 18.0 Å². The fraction of sp³-hybridized carbons (Fsp3) is 0.476. The van der Waals surface area contributed by atoms with Crippen molar-refractivity contribution in [2.75, 3.05) is 31.3 Å². The molecule has 1 amide bonds. The Morgan fingerprint density at radius 1 is 1.33 bits per heavy atom. The van der Waals surface area contributed by atoms with E-state index in [0.29, 0.717) is 18.7 Å². The van der Waals surface area contributed by atoms with Gasteiger partial charge in [-0.3, -0.25) is 18.5 Å². The quantitative estimate of drug-likeness (QED) is 0.405. The zero-order chi connectivity index (χ0) is 23.6. The van der Waals surface area contributed by atoms with E-state index in [1.54, 1.807) is 30.3 Å². The molecular weight excluding hydrogens is 452 g/mol. The van der Waals surface area contributed by atoms with Gasteiger partial charge in [0.15, 0.2) is 6.23 Å². The Morgan fingerprint density at radius 3 is 2.76 bits per heavy atom. The number of aromatic nitrogens is 2. The molecule has 5 N–H and O–H groups in total. The van der Waals surface area contributed by atoms with Crippen LogP contribution < -0.4 is 16.3 Å². The molecule has 0 saturated carbocycles. The van der Waals surface area contributed by atoms with E-state index in [1.807, 2.05) is 0 Å². The summed E-state index contributed by atoms with van der Waals surface area (Å²) in [7, 11) is -1.41. The molecule has 3 heterocycles. The van der Waals surface area contributed by atoms with Crippen molar-refractivity contribution in [1.82, 2.24) is 14.9 Å². The minimum absolute atomic E-state index is 0.0800. The van der Waals surface area contributed by atoms with Crippen LogP contribution in [0.2, 0.25) is 0 Å². The number of nitrogens with zero attached hydrogens (tertiary/aromatic N) is 2. The van der Waals surface area contributed by atoms with Gasteiger partial charge in [0.25, 0.3) is 5.91 Å². The summed E-state index contributed by atoms with van der Waals surface area (Å²) in [6.07, 6.45) is -2.07. The number of aliphatic hydroxyl groups is 1. The average molecular weight is 481 g/mol. The lowest BCUT2D eigenvalue weighted by Gasteiger charge is -2.44. The van der Waals surface area contributed by atoms with E-state index < -0.39 is 52.0 Å². The summed E-state index contributed by atoms with van der Waals surface area (Å²) in [6.45, 7) is 0.916. The van der Waals surface area contributed by atoms with Crippen LogP contribution in [0.15, 0.2) is 47.4 Å². The molecule has 12 heteroatoms. The Bertz CT molecular complexity index is 1030. The Morgan fingerprint density at radius 2 is 2.09 bits per heavy atom. The molecule has 4 rings (SSSR count). The van der Waals surface area contributed by atoms with E-state index in [9.17, 15) is 23.8 Å². The Kier molecular flexibility index (Phi) is 7.14. The summed E-state index contributed by atoms with van der Waals surface area (Å²) in [5.41, 5.74) is -0.263. The van der Waals surface area contributed by atoms with Crippen molar-refractivity contribution in [3.05, 3.63) is 58.6 Å². The number of methoxy groups -OCH3 is 1. The second-order valence-corrected chi connectivity index (χ2v) is 10.6. The predicted octanol–water partition coefficient (Wildman–Crippen LogP) is 0.881. The monoisotopic (exact) mass is 480 g/mol. The molecule has 1 aromatic heterocycles. The molecule has 1 aromatic carbocycles. The third-order valence-corrected chi connectivity index (χ3v) is 8.18. The van der Waals surface area contributed by atoms with Gasteiger partial charge in [0, 0.05) is 32.0 Å². The number of rotatable bonds is 6. The lowest BCUT2D eigenvalue weighted by atomic mass is 10.1. The van der Waals surface area contributed by atoms with E-state index in [2.05, 4.69) is 15.6 Å². The van der Waals surface area contributed by atoms with Crippen molar-refractivity contribution in [2.45, 2.75) is 36.2 Å². The van der Waals surface area contributed by atoms with E-state index >= 15 is 0 Å². The lowest BCUT2D eigenvalue weighted by Crippen LogP contribution is -2.44. The van der Waals surface area contributed by atoms with Crippen molar-refractivity contribution in [1.29, 1.82) is 0 Å². The number of nitrogens with one attached hydrogen (secondary N) is 2. The van der Waals surface area contributed by atoms with Crippen molar-refractivity contribution in [3.8, 4) is 0 Å². The molecule has 180 valence electrons. The van der Waals surface area contributed by atoms with Gasteiger partial charge in [-0.1, -0.05) is 18.2 Å². The molecule has 0 bridgehead atoms. The summed E-state index contributed by atoms with van der Waals surface area (Å²) in [6, 6.07) is 9.99. The van der Waals surface area contributed by atoms with Crippen LogP contribution in [0, 0.1) is 0 Å². The van der Waals surface area contributed by atoms with Crippen molar-refractivity contribution < 1.29 is 28.5 Å². The molecule has 0 radical (unpaired) electrons. The highest BCUT2D eigenvalue weighted by atomic mass is 32.3. The standard InChI is InChI=1S/C21H28N4O7S/c1-31-18-17(26)15(11-14-12-22-8-10-33(14,29)30)32-20(18)25-9-7-16(24-21(25)28)23-19(27)13-5-3-2-4-6-13/h2-7,9,14-15,17-18,20,22,26,29-30H,8,10-12H2,1H3,(H,23,24,27,28)/t14-,15-,17-,18-,20-/m1/s1. The maximum atomic E-state index is 12.7. The molecule has 11 nitrogen and oxygen atoms in total. The minimum atomic E-state index is -2.80. The molecule has 5 atom stereocenters. The molecule has 33 heavy (non-hydrogen) atoms. The van der Waals surface area contributed by atoms with Gasteiger partial charge in [-0.05, 0) is 24.6 Å². The molecule has 2 aliphatic heterocycles. The first kappa shape index (κ1) is 23.8. The number of anilines is 1. The first-order chi connectivity index (χ1) is 15.8. The molecule has 2 aliphatic rings. The smallest absolute Gasteiger partial charge is 0.351 e. The van der Waals surface area contributed by atoms with Crippen LogP contribution >= 0.6 is 10.6 Å². The van der Waals surface area contributed by atoms with Gasteiger partial charge in [-0.25, -0.2) is 4.79 Å². The Hall–Kier alpha value is -2.32. The molecule has 2 aromatic rings. The summed E-state index contributed by atoms with van der Waals surface area (Å²) in [5.74, 6) is -0.0731. The fourth-order valence-electron chi connectivity index (χ4n) is 4.13. The molecule has 0 unspecified atom stereocenters. The van der Waals surface area contributed by atoms with Crippen molar-refractivity contribution >= 4 is 22.3 Å². The molecule has 2 fully saturated rings. The molecule has 2 saturated heterocycles. The zero-order valence-electron chi connectivity index (χ0n) is 18.0. The van der Waals surface area contributed by atoms with Crippen LogP contribution in [-0.2, 0) is 9.47 Å². The predicted molar refractivity (Wildman–Crippen MR) is 123 cm³/mol. The highest BCUT2D eigenvalue weighted by molar-refractivity contribution is 8.24. The number of carbonyl (C=O) groups is 1. The first-order valence-electron chi connectivity index (χ1n) is 10.6. The van der Waals surface area contributed by atoms with Crippen LogP contribution in [0.3, 0.4) is 0 Å². The van der Waals surface area contributed by atoms with Gasteiger partial charge < -0.3 is 25.2 Å². The minimum Gasteiger partial charge on any atom is -0.388 e. The van der Waals surface area contributed by atoms with Gasteiger partial charge in [0.05, 0.1) is 17.1 Å². The van der Waals surface area contributed by atoms with E-state index in [0.717, 1.165) is 0 Å². The number of carbonyl (C=O) groups excluding carboxylic acids is 1. The van der Waals surface area contributed by atoms with Gasteiger partial charge in [-0.2, -0.15) is 15.6 Å². The van der Waals surface area contributed by atoms with Gasteiger partial charge >= 0.3 is 5.69 Å². The third-order valence-electron chi connectivity index (χ3n) is 5.95. The average Bonchev–Trinajstić information content (AvgIpc) is 3.10. The summed E-state index contributed by atoms with van der Waals surface area (Å²) < 4.78 is 33.2. The summed E-state index contributed by atoms with van der Waals surface area (Å²) in [4.78, 5) is 28.9. The van der Waals surface area contributed by atoms with Gasteiger partial charge in [-0.15, -0.1) is 0 Å². The van der Waals surface area contributed by atoms with Crippen LogP contribution in [0.1, 0.15) is 23.0 Å². The normalized spacial score (nSPS) is 30.0. The van der Waals surface area contributed by atoms with E-state index in [1.165, 1.54) is 23.9 Å². The summed E-state index contributed by atoms with van der Waals surface area (Å²) >= 11 is 0. The Labute approximate surface area is 192 Å². The van der Waals surface area contributed by atoms with Crippen LogP contribution in [-0.4, -0.2) is 79.2 Å². The Balaban J connectivity index is 1.49. The van der Waals surface area contributed by atoms with E-state index in [-0.39, 0.29) is 18.0 Å². The number of ether oxygens (including phenoxy) is 2. The second-order valence-electron chi connectivity index (χ2n) is 8.06. The van der Waals surface area contributed by atoms with Crippen LogP contribution in [0.5, 0.6) is 0 Å². The molecule has 0 spiro atoms. The highest BCUT2D eigenvalue weighted by Gasteiger charge is 2.47. The molecule has 0 aliphatic carbocycles. The topological polar surface area (TPSA) is 155 Å². The SMILES string of the molecule is CO[C@@H]1[C@H](O)[C@@H](C[C@@H]2CNCCS2(O)O)O[C@H]1n1ccc(NC(=O)c2ccccc2)nc1=O. The fourth-order valence-corrected chi connectivity index (χ4v) is 5.79. The maximum absolute atomic E-state index is 12.7. The summed E-state index contributed by atoms with van der Waals surface area (Å²) in [5, 5.41) is 16.0. The highest BCUT2D eigenvalue weighted by Crippen LogP contribution is 2.48. The second kappa shape index (κ2) is 9.89. The van der Waals surface area contributed by atoms with Gasteiger partial charge in [0.2, 0.25) is 0 Å². The van der Waals surface area contributed by atoms with E-state index in [4.69, 9.17) is 9.47 Å².